The van der Waals surface area contributed by atoms with Gasteiger partial charge in [-0.3, -0.25) is 4.79 Å². The topological polar surface area (TPSA) is 63.2 Å². The molecule has 0 radical (unpaired) electrons. The fourth-order valence-electron chi connectivity index (χ4n) is 1.98. The van der Waals surface area contributed by atoms with Crippen molar-refractivity contribution < 1.29 is 26.4 Å². The summed E-state index contributed by atoms with van der Waals surface area (Å²) in [5, 5.41) is 2.64. The van der Waals surface area contributed by atoms with E-state index in [1.165, 1.54) is 30.3 Å². The lowest BCUT2D eigenvalue weighted by molar-refractivity contribution is -0.137. The zero-order valence-electron chi connectivity index (χ0n) is 12.7. The standard InChI is InChI=1S/C16H13ClF3NO3S/c17-12-4-6-14(7-5-12)25(23,24)9-8-15(22)21-13-3-1-2-11(10-13)16(18,19)20/h1-7,10H,8-9H2,(H,21,22). The van der Waals surface area contributed by atoms with Crippen LogP contribution in [0.3, 0.4) is 0 Å². The van der Waals surface area contributed by atoms with Crippen molar-refractivity contribution in [1.29, 1.82) is 0 Å². The average molecular weight is 392 g/mol. The minimum absolute atomic E-state index is 0.0174. The molecule has 1 amide bonds. The Morgan fingerprint density at radius 1 is 1.08 bits per heavy atom. The number of hydrogen-bond donors (Lipinski definition) is 1. The Labute approximate surface area is 147 Å². The normalized spacial score (nSPS) is 12.0. The fourth-order valence-corrected chi connectivity index (χ4v) is 3.35. The minimum atomic E-state index is -4.53. The lowest BCUT2D eigenvalue weighted by Gasteiger charge is -2.10. The Bertz CT molecular complexity index is 865. The Hall–Kier alpha value is -2.06. The first-order chi connectivity index (χ1) is 11.6. The molecule has 0 bridgehead atoms. The third-order valence-corrected chi connectivity index (χ3v) is 5.23. The summed E-state index contributed by atoms with van der Waals surface area (Å²) in [6.07, 6.45) is -4.92. The largest absolute Gasteiger partial charge is 0.416 e. The van der Waals surface area contributed by atoms with Gasteiger partial charge >= 0.3 is 6.18 Å². The molecule has 0 spiro atoms. The summed E-state index contributed by atoms with van der Waals surface area (Å²) in [5.41, 5.74) is -0.956. The molecule has 0 saturated carbocycles. The van der Waals surface area contributed by atoms with E-state index in [1.54, 1.807) is 0 Å². The van der Waals surface area contributed by atoms with E-state index in [2.05, 4.69) is 5.32 Å². The number of halogens is 4. The van der Waals surface area contributed by atoms with Crippen molar-refractivity contribution in [3.8, 4) is 0 Å². The maximum Gasteiger partial charge on any atom is 0.416 e. The van der Waals surface area contributed by atoms with E-state index in [0.29, 0.717) is 5.02 Å². The SMILES string of the molecule is O=C(CCS(=O)(=O)c1ccc(Cl)cc1)Nc1cccc(C(F)(F)F)c1. The predicted molar refractivity (Wildman–Crippen MR) is 88.2 cm³/mol. The minimum Gasteiger partial charge on any atom is -0.326 e. The second-order valence-electron chi connectivity index (χ2n) is 5.15. The molecule has 2 rings (SSSR count). The van der Waals surface area contributed by atoms with Gasteiger partial charge in [0.1, 0.15) is 0 Å². The van der Waals surface area contributed by atoms with Crippen molar-refractivity contribution in [1.82, 2.24) is 0 Å². The fraction of sp³-hybridized carbons (Fsp3) is 0.188. The van der Waals surface area contributed by atoms with Crippen LogP contribution in [-0.2, 0) is 20.8 Å². The van der Waals surface area contributed by atoms with Crippen molar-refractivity contribution in [2.75, 3.05) is 11.1 Å². The number of rotatable bonds is 5. The molecule has 25 heavy (non-hydrogen) atoms. The molecule has 0 heterocycles. The molecule has 0 saturated heterocycles. The first-order valence-corrected chi connectivity index (χ1v) is 9.06. The molecule has 2 aromatic rings. The van der Waals surface area contributed by atoms with Gasteiger partial charge in [-0.15, -0.1) is 0 Å². The van der Waals surface area contributed by atoms with Crippen molar-refractivity contribution in [3.63, 3.8) is 0 Å². The van der Waals surface area contributed by atoms with E-state index < -0.39 is 33.2 Å². The molecule has 0 aliphatic carbocycles. The molecule has 1 N–H and O–H groups in total. The van der Waals surface area contributed by atoms with Gasteiger partial charge in [0, 0.05) is 17.1 Å². The molecule has 9 heteroatoms. The van der Waals surface area contributed by atoms with Gasteiger partial charge < -0.3 is 5.32 Å². The Morgan fingerprint density at radius 2 is 1.72 bits per heavy atom. The number of nitrogens with one attached hydrogen (secondary N) is 1. The van der Waals surface area contributed by atoms with Crippen molar-refractivity contribution in [3.05, 3.63) is 59.1 Å². The molecule has 0 aliphatic rings. The van der Waals surface area contributed by atoms with Crippen LogP contribution in [0.15, 0.2) is 53.4 Å². The Kier molecular flexibility index (Phi) is 5.74. The van der Waals surface area contributed by atoms with Crippen LogP contribution < -0.4 is 5.32 Å². The van der Waals surface area contributed by atoms with Gasteiger partial charge in [0.2, 0.25) is 5.91 Å². The van der Waals surface area contributed by atoms with E-state index in [4.69, 9.17) is 11.6 Å². The van der Waals surface area contributed by atoms with Gasteiger partial charge in [0.25, 0.3) is 0 Å². The van der Waals surface area contributed by atoms with E-state index >= 15 is 0 Å². The summed E-state index contributed by atoms with van der Waals surface area (Å²) in [4.78, 5) is 11.8. The highest BCUT2D eigenvalue weighted by atomic mass is 35.5. The highest BCUT2D eigenvalue weighted by Gasteiger charge is 2.30. The monoisotopic (exact) mass is 391 g/mol. The van der Waals surface area contributed by atoms with Crippen LogP contribution in [0.2, 0.25) is 5.02 Å². The van der Waals surface area contributed by atoms with Crippen molar-refractivity contribution in [2.24, 2.45) is 0 Å². The van der Waals surface area contributed by atoms with Crippen LogP contribution in [0.5, 0.6) is 0 Å². The zero-order chi connectivity index (χ0) is 18.7. The predicted octanol–water partition coefficient (Wildman–Crippen LogP) is 4.16. The second kappa shape index (κ2) is 7.45. The van der Waals surface area contributed by atoms with Crippen LogP contribution in [-0.4, -0.2) is 20.1 Å². The number of carbonyl (C=O) groups is 1. The van der Waals surface area contributed by atoms with E-state index in [-0.39, 0.29) is 17.0 Å². The summed E-state index contributed by atoms with van der Waals surface area (Å²) in [5.74, 6) is -1.17. The van der Waals surface area contributed by atoms with Gasteiger partial charge in [-0.05, 0) is 42.5 Å². The molecule has 0 aliphatic heterocycles. The molecule has 2 aromatic carbocycles. The first kappa shape index (κ1) is 19.3. The van der Waals surface area contributed by atoms with Gasteiger partial charge in [-0.2, -0.15) is 13.2 Å². The highest BCUT2D eigenvalue weighted by Crippen LogP contribution is 2.30. The second-order valence-corrected chi connectivity index (χ2v) is 7.70. The summed E-state index contributed by atoms with van der Waals surface area (Å²) in [6, 6.07) is 9.58. The Balaban J connectivity index is 2.00. The third-order valence-electron chi connectivity index (χ3n) is 3.24. The molecule has 0 unspecified atom stereocenters. The Morgan fingerprint density at radius 3 is 2.32 bits per heavy atom. The molecular formula is C16H13ClF3NO3S. The third kappa shape index (κ3) is 5.47. The number of amides is 1. The molecule has 134 valence electrons. The number of benzene rings is 2. The van der Waals surface area contributed by atoms with Crippen LogP contribution in [0, 0.1) is 0 Å². The van der Waals surface area contributed by atoms with E-state index in [0.717, 1.165) is 18.2 Å². The molecule has 0 atom stereocenters. The summed E-state index contributed by atoms with van der Waals surface area (Å²) < 4.78 is 62.1. The lowest BCUT2D eigenvalue weighted by atomic mass is 10.2. The summed E-state index contributed by atoms with van der Waals surface area (Å²) in [6.45, 7) is 0. The quantitative estimate of drug-likeness (QED) is 0.832. The van der Waals surface area contributed by atoms with Crippen LogP contribution in [0.1, 0.15) is 12.0 Å². The first-order valence-electron chi connectivity index (χ1n) is 7.03. The van der Waals surface area contributed by atoms with E-state index in [1.807, 2.05) is 0 Å². The maximum atomic E-state index is 12.6. The molecule has 4 nitrogen and oxygen atoms in total. The van der Waals surface area contributed by atoms with Gasteiger partial charge in [-0.25, -0.2) is 8.42 Å². The highest BCUT2D eigenvalue weighted by molar-refractivity contribution is 7.91. The van der Waals surface area contributed by atoms with Crippen molar-refractivity contribution >= 4 is 33.0 Å². The van der Waals surface area contributed by atoms with Crippen LogP contribution in [0.25, 0.3) is 0 Å². The lowest BCUT2D eigenvalue weighted by Crippen LogP contribution is -2.18. The summed E-state index contributed by atoms with van der Waals surface area (Å²) in [7, 11) is -3.70. The summed E-state index contributed by atoms with van der Waals surface area (Å²) >= 11 is 5.69. The van der Waals surface area contributed by atoms with Crippen molar-refractivity contribution in [2.45, 2.75) is 17.5 Å². The maximum absolute atomic E-state index is 12.6. The van der Waals surface area contributed by atoms with Gasteiger partial charge in [0.05, 0.1) is 16.2 Å². The van der Waals surface area contributed by atoms with Gasteiger partial charge in [0.15, 0.2) is 9.84 Å². The average Bonchev–Trinajstić information content (AvgIpc) is 2.53. The molecule has 0 fully saturated rings. The number of alkyl halides is 3. The van der Waals surface area contributed by atoms with Gasteiger partial charge in [-0.1, -0.05) is 17.7 Å². The smallest absolute Gasteiger partial charge is 0.326 e. The number of hydrogen-bond acceptors (Lipinski definition) is 3. The number of sulfone groups is 1. The molecule has 0 aromatic heterocycles. The molecular weight excluding hydrogens is 379 g/mol. The van der Waals surface area contributed by atoms with Crippen LogP contribution in [0.4, 0.5) is 18.9 Å². The number of carbonyl (C=O) groups excluding carboxylic acids is 1. The van der Waals surface area contributed by atoms with Crippen LogP contribution >= 0.6 is 11.6 Å². The number of anilines is 1. The zero-order valence-corrected chi connectivity index (χ0v) is 14.3. The van der Waals surface area contributed by atoms with E-state index in [9.17, 15) is 26.4 Å².